The van der Waals surface area contributed by atoms with Gasteiger partial charge in [-0.15, -0.1) is 0 Å². The maximum absolute atomic E-state index is 11.9. The van der Waals surface area contributed by atoms with Gasteiger partial charge >= 0.3 is 5.97 Å². The minimum absolute atomic E-state index is 0.0813. The number of nitrogens with zero attached hydrogens (tertiary/aromatic N) is 1. The molecule has 0 amide bonds. The lowest BCUT2D eigenvalue weighted by molar-refractivity contribution is -0.145. The van der Waals surface area contributed by atoms with Crippen molar-refractivity contribution in [1.29, 1.82) is 0 Å². The maximum atomic E-state index is 11.9. The first-order valence-electron chi connectivity index (χ1n) is 7.24. The van der Waals surface area contributed by atoms with E-state index in [0.29, 0.717) is 13.0 Å². The summed E-state index contributed by atoms with van der Waals surface area (Å²) < 4.78 is 10.5. The van der Waals surface area contributed by atoms with Crippen LogP contribution in [0.2, 0.25) is 0 Å². The second-order valence-electron chi connectivity index (χ2n) is 5.09. The van der Waals surface area contributed by atoms with Crippen molar-refractivity contribution in [3.05, 3.63) is 35.4 Å². The molecule has 1 heterocycles. The van der Waals surface area contributed by atoms with Gasteiger partial charge in [-0.05, 0) is 19.4 Å². The van der Waals surface area contributed by atoms with Crippen molar-refractivity contribution in [2.75, 3.05) is 32.9 Å². The number of hydrogen-bond acceptors (Lipinski definition) is 4. The molecule has 1 atom stereocenters. The number of carbonyl (C=O) groups is 1. The van der Waals surface area contributed by atoms with Crippen LogP contribution in [0.15, 0.2) is 24.3 Å². The highest BCUT2D eigenvalue weighted by atomic mass is 16.5. The smallest absolute Gasteiger partial charge is 0.307 e. The normalized spacial score (nSPS) is 17.7. The number of morpholine rings is 1. The lowest BCUT2D eigenvalue weighted by Crippen LogP contribution is -2.40. The molecule has 1 saturated heterocycles. The molecule has 2 rings (SSSR count). The molecule has 0 radical (unpaired) electrons. The number of hydrogen-bond donors (Lipinski definition) is 0. The van der Waals surface area contributed by atoms with E-state index in [-0.39, 0.29) is 12.0 Å². The first-order chi connectivity index (χ1) is 9.70. The third kappa shape index (κ3) is 4.05. The van der Waals surface area contributed by atoms with Gasteiger partial charge in [0.05, 0.1) is 26.2 Å². The van der Waals surface area contributed by atoms with Gasteiger partial charge in [0.15, 0.2) is 0 Å². The van der Waals surface area contributed by atoms with E-state index in [1.807, 2.05) is 13.0 Å². The Bertz CT molecular complexity index is 441. The molecular formula is C16H23NO3. The predicted octanol–water partition coefficient (Wildman–Crippen LogP) is 2.32. The Hall–Kier alpha value is -1.39. The molecule has 4 heteroatoms. The average molecular weight is 277 g/mol. The molecule has 4 nitrogen and oxygen atoms in total. The molecule has 1 fully saturated rings. The SMILES string of the molecule is CCOC(=O)CC(c1cccc(C)c1)N1CCOCC1. The Morgan fingerprint density at radius 2 is 2.15 bits per heavy atom. The molecule has 0 aromatic heterocycles. The predicted molar refractivity (Wildman–Crippen MR) is 77.6 cm³/mol. The van der Waals surface area contributed by atoms with E-state index in [2.05, 4.69) is 30.0 Å². The van der Waals surface area contributed by atoms with Crippen molar-refractivity contribution >= 4 is 5.97 Å². The monoisotopic (exact) mass is 277 g/mol. The van der Waals surface area contributed by atoms with Crippen LogP contribution in [0.4, 0.5) is 0 Å². The van der Waals surface area contributed by atoms with E-state index in [1.165, 1.54) is 11.1 Å². The Balaban J connectivity index is 2.16. The second-order valence-corrected chi connectivity index (χ2v) is 5.09. The standard InChI is InChI=1S/C16H23NO3/c1-3-20-16(18)12-15(17-7-9-19-10-8-17)14-6-4-5-13(2)11-14/h4-6,11,15H,3,7-10,12H2,1-2H3. The summed E-state index contributed by atoms with van der Waals surface area (Å²) in [6.07, 6.45) is 0.400. The summed E-state index contributed by atoms with van der Waals surface area (Å²) in [7, 11) is 0. The maximum Gasteiger partial charge on any atom is 0.307 e. The van der Waals surface area contributed by atoms with Crippen LogP contribution >= 0.6 is 0 Å². The van der Waals surface area contributed by atoms with Crippen LogP contribution in [0.3, 0.4) is 0 Å². The number of esters is 1. The van der Waals surface area contributed by atoms with Crippen LogP contribution < -0.4 is 0 Å². The molecular weight excluding hydrogens is 254 g/mol. The van der Waals surface area contributed by atoms with E-state index in [0.717, 1.165) is 26.3 Å². The second kappa shape index (κ2) is 7.41. The van der Waals surface area contributed by atoms with Crippen molar-refractivity contribution in [2.45, 2.75) is 26.3 Å². The molecule has 110 valence electrons. The van der Waals surface area contributed by atoms with Gasteiger partial charge in [0.25, 0.3) is 0 Å². The molecule has 20 heavy (non-hydrogen) atoms. The van der Waals surface area contributed by atoms with Crippen molar-refractivity contribution < 1.29 is 14.3 Å². The molecule has 1 aromatic carbocycles. The first kappa shape index (κ1) is 15.0. The van der Waals surface area contributed by atoms with E-state index in [1.54, 1.807) is 0 Å². The molecule has 1 aliphatic heterocycles. The molecule has 1 aromatic rings. The van der Waals surface area contributed by atoms with Crippen LogP contribution in [0.25, 0.3) is 0 Å². The van der Waals surface area contributed by atoms with Crippen LogP contribution in [0.5, 0.6) is 0 Å². The molecule has 0 aliphatic carbocycles. The molecule has 0 N–H and O–H groups in total. The van der Waals surface area contributed by atoms with E-state index < -0.39 is 0 Å². The van der Waals surface area contributed by atoms with Crippen molar-refractivity contribution in [1.82, 2.24) is 4.90 Å². The van der Waals surface area contributed by atoms with Crippen molar-refractivity contribution in [3.8, 4) is 0 Å². The zero-order chi connectivity index (χ0) is 14.4. The lowest BCUT2D eigenvalue weighted by Gasteiger charge is -2.34. The number of carbonyl (C=O) groups excluding carboxylic acids is 1. The Morgan fingerprint density at radius 3 is 2.80 bits per heavy atom. The van der Waals surface area contributed by atoms with Gasteiger partial charge in [-0.1, -0.05) is 29.8 Å². The Labute approximate surface area is 120 Å². The number of aryl methyl sites for hydroxylation is 1. The largest absolute Gasteiger partial charge is 0.466 e. The highest BCUT2D eigenvalue weighted by Gasteiger charge is 2.25. The summed E-state index contributed by atoms with van der Waals surface area (Å²) in [4.78, 5) is 14.2. The van der Waals surface area contributed by atoms with E-state index >= 15 is 0 Å². The Morgan fingerprint density at radius 1 is 1.40 bits per heavy atom. The van der Waals surface area contributed by atoms with Crippen LogP contribution in [0.1, 0.15) is 30.5 Å². The molecule has 1 unspecified atom stereocenters. The number of benzene rings is 1. The van der Waals surface area contributed by atoms with Crippen LogP contribution in [0, 0.1) is 6.92 Å². The summed E-state index contributed by atoms with van der Waals surface area (Å²) in [5.41, 5.74) is 2.39. The zero-order valence-corrected chi connectivity index (χ0v) is 12.3. The number of ether oxygens (including phenoxy) is 2. The van der Waals surface area contributed by atoms with Gasteiger partial charge in [-0.2, -0.15) is 0 Å². The zero-order valence-electron chi connectivity index (χ0n) is 12.3. The Kier molecular flexibility index (Phi) is 5.56. The number of rotatable bonds is 5. The van der Waals surface area contributed by atoms with Crippen LogP contribution in [-0.2, 0) is 14.3 Å². The third-order valence-corrected chi connectivity index (χ3v) is 3.58. The summed E-state index contributed by atoms with van der Waals surface area (Å²) >= 11 is 0. The van der Waals surface area contributed by atoms with Crippen LogP contribution in [-0.4, -0.2) is 43.8 Å². The van der Waals surface area contributed by atoms with Crippen molar-refractivity contribution in [3.63, 3.8) is 0 Å². The molecule has 1 aliphatic rings. The minimum Gasteiger partial charge on any atom is -0.466 e. The van der Waals surface area contributed by atoms with Gasteiger partial charge in [-0.3, -0.25) is 9.69 Å². The summed E-state index contributed by atoms with van der Waals surface area (Å²) in [5, 5.41) is 0. The van der Waals surface area contributed by atoms with E-state index in [9.17, 15) is 4.79 Å². The minimum atomic E-state index is -0.134. The summed E-state index contributed by atoms with van der Waals surface area (Å²) in [6, 6.07) is 8.44. The van der Waals surface area contributed by atoms with Crippen molar-refractivity contribution in [2.24, 2.45) is 0 Å². The molecule has 0 saturated carbocycles. The van der Waals surface area contributed by atoms with Gasteiger partial charge < -0.3 is 9.47 Å². The summed E-state index contributed by atoms with van der Waals surface area (Å²) in [5.74, 6) is -0.134. The topological polar surface area (TPSA) is 38.8 Å². The summed E-state index contributed by atoms with van der Waals surface area (Å²) in [6.45, 7) is 7.52. The third-order valence-electron chi connectivity index (χ3n) is 3.58. The molecule has 0 bridgehead atoms. The van der Waals surface area contributed by atoms with Gasteiger partial charge in [0, 0.05) is 19.1 Å². The quantitative estimate of drug-likeness (QED) is 0.774. The van der Waals surface area contributed by atoms with E-state index in [4.69, 9.17) is 9.47 Å². The fourth-order valence-electron chi connectivity index (χ4n) is 2.60. The first-order valence-corrected chi connectivity index (χ1v) is 7.24. The highest BCUT2D eigenvalue weighted by molar-refractivity contribution is 5.70. The fourth-order valence-corrected chi connectivity index (χ4v) is 2.60. The van der Waals surface area contributed by atoms with Gasteiger partial charge in [0.2, 0.25) is 0 Å². The van der Waals surface area contributed by atoms with Gasteiger partial charge in [0.1, 0.15) is 0 Å². The lowest BCUT2D eigenvalue weighted by atomic mass is 9.99. The molecule has 0 spiro atoms. The van der Waals surface area contributed by atoms with Gasteiger partial charge in [-0.25, -0.2) is 0 Å². The fraction of sp³-hybridized carbons (Fsp3) is 0.562. The highest BCUT2D eigenvalue weighted by Crippen LogP contribution is 2.26. The average Bonchev–Trinajstić information content (AvgIpc) is 2.46.